The Balaban J connectivity index is 1.48. The molecule has 2 heterocycles. The summed E-state index contributed by atoms with van der Waals surface area (Å²) in [7, 11) is -2.61. The van der Waals surface area contributed by atoms with E-state index in [2.05, 4.69) is 5.32 Å². The average Bonchev–Trinajstić information content (AvgIpc) is 2.86. The summed E-state index contributed by atoms with van der Waals surface area (Å²) in [6.07, 6.45) is 0. The highest BCUT2D eigenvalue weighted by molar-refractivity contribution is 7.89. The Labute approximate surface area is 195 Å². The molecule has 1 saturated heterocycles. The fraction of sp³-hybridized carbons (Fsp3) is 0.318. The van der Waals surface area contributed by atoms with Crippen LogP contribution in [0.25, 0.3) is 0 Å². The minimum Gasteiger partial charge on any atom is -0.495 e. The summed E-state index contributed by atoms with van der Waals surface area (Å²) in [6.45, 7) is 0.211. The second-order valence-electron chi connectivity index (χ2n) is 7.43. The van der Waals surface area contributed by atoms with E-state index >= 15 is 0 Å². The molecule has 0 aromatic heterocycles. The van der Waals surface area contributed by atoms with Gasteiger partial charge in [-0.3, -0.25) is 9.59 Å². The highest BCUT2D eigenvalue weighted by Gasteiger charge is 2.30. The molecule has 11 nitrogen and oxygen atoms in total. The molecule has 0 saturated carbocycles. The molecule has 180 valence electrons. The number of methoxy groups -OCH3 is 1. The average molecular weight is 490 g/mol. The molecule has 1 fully saturated rings. The number of anilines is 1. The van der Waals surface area contributed by atoms with Crippen LogP contribution in [0.5, 0.6) is 11.5 Å². The number of carbonyl (C=O) groups is 3. The first kappa shape index (κ1) is 23.7. The van der Waals surface area contributed by atoms with Gasteiger partial charge in [0.1, 0.15) is 16.4 Å². The van der Waals surface area contributed by atoms with Crippen LogP contribution >= 0.6 is 0 Å². The molecule has 2 aliphatic rings. The summed E-state index contributed by atoms with van der Waals surface area (Å²) < 4.78 is 48.2. The number of nitrogens with one attached hydrogen (secondary N) is 1. The summed E-state index contributed by atoms with van der Waals surface area (Å²) >= 11 is 0. The van der Waals surface area contributed by atoms with Crippen molar-refractivity contribution < 1.29 is 41.7 Å². The Morgan fingerprint density at radius 1 is 1.09 bits per heavy atom. The van der Waals surface area contributed by atoms with Crippen LogP contribution < -0.4 is 14.8 Å². The fourth-order valence-corrected chi connectivity index (χ4v) is 5.08. The fourth-order valence-electron chi connectivity index (χ4n) is 3.49. The lowest BCUT2D eigenvalue weighted by Crippen LogP contribution is -2.40. The molecule has 2 aliphatic heterocycles. The number of fused-ring (bicyclic) bond motifs is 1. The van der Waals surface area contributed by atoms with E-state index in [9.17, 15) is 22.8 Å². The Morgan fingerprint density at radius 3 is 2.56 bits per heavy atom. The molecule has 4 rings (SSSR count). The maximum absolute atomic E-state index is 13.1. The van der Waals surface area contributed by atoms with E-state index in [-0.39, 0.29) is 60.6 Å². The number of Topliss-reactive ketones (excluding diaryl/α,β-unsaturated/α-hetero) is 1. The summed E-state index contributed by atoms with van der Waals surface area (Å²) in [6, 6.07) is 8.35. The summed E-state index contributed by atoms with van der Waals surface area (Å²) in [4.78, 5) is 36.4. The predicted octanol–water partition coefficient (Wildman–Crippen LogP) is 1.09. The lowest BCUT2D eigenvalue weighted by atomic mass is 10.1. The monoisotopic (exact) mass is 490 g/mol. The molecule has 0 bridgehead atoms. The maximum atomic E-state index is 13.1. The van der Waals surface area contributed by atoms with E-state index in [1.807, 2.05) is 0 Å². The SMILES string of the molecule is COc1ccc(C(=O)OCC(=O)c2ccc3c(c2)NC(=O)CO3)cc1S(=O)(=O)N1CCOCC1. The first-order chi connectivity index (χ1) is 16.3. The van der Waals surface area contributed by atoms with E-state index < -0.39 is 28.4 Å². The molecule has 2 aromatic carbocycles. The van der Waals surface area contributed by atoms with Crippen LogP contribution in [-0.2, 0) is 24.3 Å². The van der Waals surface area contributed by atoms with Gasteiger partial charge in [0.2, 0.25) is 10.0 Å². The van der Waals surface area contributed by atoms with Crippen LogP contribution in [0.3, 0.4) is 0 Å². The van der Waals surface area contributed by atoms with Crippen molar-refractivity contribution in [2.45, 2.75) is 4.90 Å². The smallest absolute Gasteiger partial charge is 0.338 e. The van der Waals surface area contributed by atoms with Gasteiger partial charge in [0, 0.05) is 18.7 Å². The third-order valence-corrected chi connectivity index (χ3v) is 7.18. The number of hydrogen-bond acceptors (Lipinski definition) is 9. The van der Waals surface area contributed by atoms with Gasteiger partial charge in [0.15, 0.2) is 19.0 Å². The molecule has 1 amide bonds. The molecule has 0 spiro atoms. The largest absolute Gasteiger partial charge is 0.495 e. The number of morpholine rings is 1. The van der Waals surface area contributed by atoms with Crippen molar-refractivity contribution >= 4 is 33.4 Å². The minimum absolute atomic E-state index is 0.0495. The molecule has 0 radical (unpaired) electrons. The number of ether oxygens (including phenoxy) is 4. The lowest BCUT2D eigenvalue weighted by molar-refractivity contribution is -0.118. The summed E-state index contributed by atoms with van der Waals surface area (Å²) in [5.74, 6) is -1.21. The molecule has 0 atom stereocenters. The predicted molar refractivity (Wildman–Crippen MR) is 118 cm³/mol. The van der Waals surface area contributed by atoms with Crippen LogP contribution in [-0.4, -0.2) is 77.0 Å². The Morgan fingerprint density at radius 2 is 1.82 bits per heavy atom. The van der Waals surface area contributed by atoms with Gasteiger partial charge in [-0.25, -0.2) is 13.2 Å². The summed E-state index contributed by atoms with van der Waals surface area (Å²) in [5, 5.41) is 2.60. The molecular weight excluding hydrogens is 468 g/mol. The van der Waals surface area contributed by atoms with Gasteiger partial charge in [0.05, 0.1) is 31.6 Å². The zero-order chi connectivity index (χ0) is 24.3. The van der Waals surface area contributed by atoms with Gasteiger partial charge in [-0.05, 0) is 36.4 Å². The summed E-state index contributed by atoms with van der Waals surface area (Å²) in [5.41, 5.74) is 0.510. The minimum atomic E-state index is -3.94. The molecule has 34 heavy (non-hydrogen) atoms. The second-order valence-corrected chi connectivity index (χ2v) is 9.34. The molecule has 12 heteroatoms. The van der Waals surface area contributed by atoms with E-state index in [1.165, 1.54) is 47.8 Å². The van der Waals surface area contributed by atoms with Crippen molar-refractivity contribution in [1.82, 2.24) is 4.31 Å². The third kappa shape index (κ3) is 4.88. The number of benzene rings is 2. The van der Waals surface area contributed by atoms with Gasteiger partial charge in [0.25, 0.3) is 5.91 Å². The molecule has 0 aliphatic carbocycles. The number of ketones is 1. The molecular formula is C22H22N2O9S. The van der Waals surface area contributed by atoms with E-state index in [0.29, 0.717) is 11.4 Å². The third-order valence-electron chi connectivity index (χ3n) is 5.26. The zero-order valence-corrected chi connectivity index (χ0v) is 19.1. The van der Waals surface area contributed by atoms with Gasteiger partial charge in [-0.2, -0.15) is 4.31 Å². The van der Waals surface area contributed by atoms with Crippen LogP contribution in [0.4, 0.5) is 5.69 Å². The Bertz CT molecular complexity index is 1240. The molecule has 1 N–H and O–H groups in total. The van der Waals surface area contributed by atoms with E-state index in [4.69, 9.17) is 18.9 Å². The highest BCUT2D eigenvalue weighted by atomic mass is 32.2. The van der Waals surface area contributed by atoms with Crippen LogP contribution in [0.1, 0.15) is 20.7 Å². The number of hydrogen-bond donors (Lipinski definition) is 1. The van der Waals surface area contributed by atoms with Gasteiger partial charge >= 0.3 is 5.97 Å². The number of sulfonamides is 1. The maximum Gasteiger partial charge on any atom is 0.338 e. The lowest BCUT2D eigenvalue weighted by Gasteiger charge is -2.26. The standard InChI is InChI=1S/C22H22N2O9S/c1-30-19-5-3-15(11-20(19)34(28,29)24-6-8-31-9-7-24)22(27)33-12-17(25)14-2-4-18-16(10-14)23-21(26)13-32-18/h2-5,10-11H,6-9,12-13H2,1H3,(H,23,26). The van der Waals surface area contributed by atoms with Gasteiger partial charge in [-0.1, -0.05) is 0 Å². The first-order valence-electron chi connectivity index (χ1n) is 10.3. The number of rotatable bonds is 7. The van der Waals surface area contributed by atoms with Crippen molar-refractivity contribution in [2.75, 3.05) is 51.9 Å². The van der Waals surface area contributed by atoms with Crippen molar-refractivity contribution in [1.29, 1.82) is 0 Å². The van der Waals surface area contributed by atoms with E-state index in [1.54, 1.807) is 0 Å². The highest BCUT2D eigenvalue weighted by Crippen LogP contribution is 2.30. The van der Waals surface area contributed by atoms with Crippen molar-refractivity contribution in [2.24, 2.45) is 0 Å². The number of nitrogens with zero attached hydrogens (tertiary/aromatic N) is 1. The quantitative estimate of drug-likeness (QED) is 0.446. The van der Waals surface area contributed by atoms with Crippen molar-refractivity contribution in [3.05, 3.63) is 47.5 Å². The molecule has 0 unspecified atom stereocenters. The number of esters is 1. The van der Waals surface area contributed by atoms with Crippen molar-refractivity contribution in [3.8, 4) is 11.5 Å². The van der Waals surface area contributed by atoms with Crippen LogP contribution in [0, 0.1) is 0 Å². The topological polar surface area (TPSA) is 138 Å². The second kappa shape index (κ2) is 9.79. The van der Waals surface area contributed by atoms with Crippen molar-refractivity contribution in [3.63, 3.8) is 0 Å². The van der Waals surface area contributed by atoms with Gasteiger partial charge < -0.3 is 24.3 Å². The Kier molecular flexibility index (Phi) is 6.82. The van der Waals surface area contributed by atoms with Gasteiger partial charge in [-0.15, -0.1) is 0 Å². The first-order valence-corrected chi connectivity index (χ1v) is 11.8. The number of amides is 1. The van der Waals surface area contributed by atoms with E-state index in [0.717, 1.165) is 0 Å². The van der Waals surface area contributed by atoms with Crippen LogP contribution in [0.15, 0.2) is 41.3 Å². The normalized spacial score (nSPS) is 16.1. The van der Waals surface area contributed by atoms with Crippen LogP contribution in [0.2, 0.25) is 0 Å². The Hall–Kier alpha value is -3.48. The number of carbonyl (C=O) groups excluding carboxylic acids is 3. The molecule has 2 aromatic rings. The zero-order valence-electron chi connectivity index (χ0n) is 18.2.